The van der Waals surface area contributed by atoms with Crippen molar-refractivity contribution in [2.45, 2.75) is 33.1 Å². The first-order valence-corrected chi connectivity index (χ1v) is 34.1. The highest BCUT2D eigenvalue weighted by molar-refractivity contribution is 6.11. The van der Waals surface area contributed by atoms with Crippen LogP contribution in [-0.4, -0.2) is 78.4 Å². The maximum Gasteiger partial charge on any atom is 0.373 e. The first kappa shape index (κ1) is 73.7. The number of rotatable bonds is 18. The number of anilines is 5. The third-order valence-electron chi connectivity index (χ3n) is 18.6. The van der Waals surface area contributed by atoms with Crippen LogP contribution in [0.1, 0.15) is 70.9 Å². The van der Waals surface area contributed by atoms with Crippen LogP contribution in [-0.2, 0) is 50.1 Å². The summed E-state index contributed by atoms with van der Waals surface area (Å²) >= 11 is 0. The minimum atomic E-state index is -1.12. The highest BCUT2D eigenvalue weighted by Crippen LogP contribution is 2.47. The fraction of sp³-hybridized carbons (Fsp3) is 0.0698. The van der Waals surface area contributed by atoms with E-state index in [4.69, 9.17) is 38.5 Å². The molecular weight excluding hydrogens is 1410 g/mol. The number of ether oxygens (including phenoxy) is 1. The van der Waals surface area contributed by atoms with Crippen molar-refractivity contribution in [1.29, 1.82) is 0 Å². The van der Waals surface area contributed by atoms with Gasteiger partial charge >= 0.3 is 30.2 Å². The number of esters is 1. The van der Waals surface area contributed by atoms with Gasteiger partial charge in [-0.15, -0.1) is 0 Å². The standard InChI is InChI=1S/C44H33N5O7.C40H28N4O5.2CO2/c1-23(50)33-18-13-24-7-5-11-34(39(24)48-33)46-21-30-32(45)17-15-28-38(26-9-3-4-10-27(26)43(52)53)29-16-20-37(51)31(42(29)56-41(28)30)22-47-35-12-6-8-25-14-19-36(44(54)55-2)49-40(25)35;45-33-17-15-27-35(25-11-1-2-12-26(25)40(47)48)28-16-18-34(46)30(22-44-32-14-4-8-24-10-6-20-42-37(24)32)39(28)49-38(27)29(33)21-43-31-13-3-7-23-9-5-19-41-36(23)31;2*2-1-3/h3-20,46-47H,21-22,45H2,1-2H3,(H,52,53);1-20,43-45H,21-22H2,(H,47,48);;. The number of aromatic hydroxyl groups is 1. The molecule has 0 atom stereocenters. The molecule has 0 saturated heterocycles. The van der Waals surface area contributed by atoms with Gasteiger partial charge in [-0.25, -0.2) is 24.4 Å². The normalized spacial score (nSPS) is 10.8. The highest BCUT2D eigenvalue weighted by atomic mass is 16.5. The SMILES string of the molecule is COC(=O)c1ccc2cccc(NCc3c4oc5c(CNc6cccc7ccc(C(C)=O)nc67)c(N)ccc5c(-c5ccccc5C(=O)O)c-4ccc3=O)c2n1.O=C(O)c1ccccc1-c1c2ccc(=O)c(CNc3cccc4cccnc34)c-2oc2c(CNc3cccc4cccnc34)c(O)ccc12.O=C=O.O=C=O. The molecule has 0 fully saturated rings. The minimum absolute atomic E-state index is 0.00943. The van der Waals surface area contributed by atoms with Crippen LogP contribution < -0.4 is 37.9 Å². The van der Waals surface area contributed by atoms with Crippen molar-refractivity contribution in [3.05, 3.63) is 296 Å². The van der Waals surface area contributed by atoms with Gasteiger partial charge in [0.05, 0.1) is 79.7 Å². The van der Waals surface area contributed by atoms with Gasteiger partial charge in [-0.2, -0.15) is 19.2 Å². The van der Waals surface area contributed by atoms with Crippen molar-refractivity contribution in [2.24, 2.45) is 0 Å². The van der Waals surface area contributed by atoms with E-state index < -0.39 is 17.9 Å². The first-order chi connectivity index (χ1) is 53.9. The Labute approximate surface area is 628 Å². The molecule has 16 rings (SSSR count). The Morgan fingerprint density at radius 3 is 1.27 bits per heavy atom. The zero-order valence-electron chi connectivity index (χ0n) is 58.8. The van der Waals surface area contributed by atoms with Gasteiger partial charge in [0.1, 0.15) is 39.8 Å². The Morgan fingerprint density at radius 1 is 0.432 bits per heavy atom. The number of carboxylic acid groups (broad SMARTS) is 2. The number of pyridine rings is 4. The lowest BCUT2D eigenvalue weighted by atomic mass is 9.88. The Balaban J connectivity index is 0.000000183. The van der Waals surface area contributed by atoms with Crippen LogP contribution >= 0.6 is 0 Å². The zero-order valence-corrected chi connectivity index (χ0v) is 58.8. The van der Waals surface area contributed by atoms with Crippen LogP contribution in [0.25, 0.3) is 110 Å². The molecule has 0 saturated carbocycles. The largest absolute Gasteiger partial charge is 0.507 e. The molecular formula is C86H61N9O16. The molecule has 0 radical (unpaired) electrons. The lowest BCUT2D eigenvalue weighted by Crippen LogP contribution is -2.15. The van der Waals surface area contributed by atoms with E-state index >= 15 is 0 Å². The number of nitrogens with two attached hydrogens (primary N) is 1. The summed E-state index contributed by atoms with van der Waals surface area (Å²) < 4.78 is 18.3. The van der Waals surface area contributed by atoms with Crippen LogP contribution in [0.5, 0.6) is 5.75 Å². The highest BCUT2D eigenvalue weighted by Gasteiger charge is 2.30. The number of nitrogen functional groups attached to an aromatic ring is 1. The number of aromatic nitrogens is 4. The summed E-state index contributed by atoms with van der Waals surface area (Å²) in [7, 11) is 1.28. The van der Waals surface area contributed by atoms with Gasteiger partial charge in [0.25, 0.3) is 0 Å². The molecule has 111 heavy (non-hydrogen) atoms. The van der Waals surface area contributed by atoms with E-state index in [0.29, 0.717) is 106 Å². The molecule has 8 aromatic carbocycles. The molecule has 0 amide bonds. The number of hydrogen-bond acceptors (Lipinski definition) is 23. The number of ketones is 1. The Bertz CT molecular complexity index is 6500. The number of nitrogens with one attached hydrogen (secondary N) is 4. The van der Waals surface area contributed by atoms with Crippen molar-refractivity contribution < 1.29 is 67.2 Å². The number of phenolic OH excluding ortho intramolecular Hbond substituents is 1. The van der Waals surface area contributed by atoms with Crippen molar-refractivity contribution in [3.63, 3.8) is 0 Å². The van der Waals surface area contributed by atoms with Gasteiger partial charge in [-0.1, -0.05) is 109 Å². The van der Waals surface area contributed by atoms with Crippen molar-refractivity contribution >= 4 is 130 Å². The van der Waals surface area contributed by atoms with Crippen molar-refractivity contribution in [3.8, 4) is 50.7 Å². The van der Waals surface area contributed by atoms with E-state index in [-0.39, 0.29) is 94.8 Å². The van der Waals surface area contributed by atoms with Gasteiger partial charge in [0.15, 0.2) is 16.6 Å². The van der Waals surface area contributed by atoms with Crippen LogP contribution in [0.3, 0.4) is 0 Å². The number of fused-ring (bicyclic) bond motifs is 8. The van der Waals surface area contributed by atoms with Gasteiger partial charge in [0, 0.05) is 111 Å². The molecule has 0 bridgehead atoms. The smallest absolute Gasteiger partial charge is 0.373 e. The fourth-order valence-electron chi connectivity index (χ4n) is 13.5. The Kier molecular flexibility index (Phi) is 21.5. The van der Waals surface area contributed by atoms with Gasteiger partial charge in [-0.05, 0) is 120 Å². The second kappa shape index (κ2) is 32.4. The molecule has 12 aromatic rings. The maximum absolute atomic E-state index is 13.8. The number of aromatic carboxylic acids is 2. The Morgan fingerprint density at radius 2 is 0.820 bits per heavy atom. The van der Waals surface area contributed by atoms with E-state index in [1.165, 1.54) is 32.2 Å². The summed E-state index contributed by atoms with van der Waals surface area (Å²) in [6, 6.07) is 63.7. The lowest BCUT2D eigenvalue weighted by Gasteiger charge is -2.21. The molecule has 2 aliphatic heterocycles. The molecule has 4 aromatic heterocycles. The van der Waals surface area contributed by atoms with Gasteiger partial charge in [-0.3, -0.25) is 24.4 Å². The fourth-order valence-corrected chi connectivity index (χ4v) is 13.5. The molecule has 2 aliphatic carbocycles. The molecule has 6 heterocycles. The second-order valence-corrected chi connectivity index (χ2v) is 25.0. The molecule has 546 valence electrons. The maximum atomic E-state index is 13.8. The first-order valence-electron chi connectivity index (χ1n) is 34.1. The summed E-state index contributed by atoms with van der Waals surface area (Å²) in [4.78, 5) is 128. The minimum Gasteiger partial charge on any atom is -0.507 e. The predicted octanol–water partition coefficient (Wildman–Crippen LogP) is 15.3. The molecule has 0 spiro atoms. The number of carbonyl (C=O) groups is 4. The summed E-state index contributed by atoms with van der Waals surface area (Å²) in [6.45, 7) is 1.86. The summed E-state index contributed by atoms with van der Waals surface area (Å²) in [5, 5.41) is 50.0. The average Bonchev–Trinajstić information content (AvgIpc) is 0.736. The van der Waals surface area contributed by atoms with Gasteiger partial charge < -0.3 is 55.9 Å². The number of methoxy groups -OCH3 is 1. The summed E-state index contributed by atoms with van der Waals surface area (Å²) in [5.74, 6) is -2.45. The van der Waals surface area contributed by atoms with E-state index in [1.807, 2.05) is 97.1 Å². The van der Waals surface area contributed by atoms with Crippen LogP contribution in [0.2, 0.25) is 0 Å². The third-order valence-corrected chi connectivity index (χ3v) is 18.6. The monoisotopic (exact) mass is 1480 g/mol. The third kappa shape index (κ3) is 14.9. The summed E-state index contributed by atoms with van der Waals surface area (Å²) in [5.41, 5.74) is 17.9. The number of para-hydroxylation sites is 4. The van der Waals surface area contributed by atoms with Crippen molar-refractivity contribution in [2.75, 3.05) is 34.1 Å². The second-order valence-electron chi connectivity index (χ2n) is 25.0. The van der Waals surface area contributed by atoms with E-state index in [1.54, 1.807) is 116 Å². The topological polar surface area (TPSA) is 393 Å². The quantitative estimate of drug-likeness (QED) is 0.0171. The zero-order chi connectivity index (χ0) is 78.0. The number of hydrogen-bond donors (Lipinski definition) is 8. The lowest BCUT2D eigenvalue weighted by molar-refractivity contribution is -0.193. The van der Waals surface area contributed by atoms with E-state index in [9.17, 15) is 44.1 Å². The number of benzene rings is 10. The number of carboxylic acids is 2. The molecule has 25 heteroatoms. The number of nitrogens with zero attached hydrogens (tertiary/aromatic N) is 4. The number of carbonyl (C=O) groups excluding carboxylic acids is 6. The summed E-state index contributed by atoms with van der Waals surface area (Å²) in [6.07, 6.45) is 3.94. The molecule has 0 unspecified atom stereocenters. The van der Waals surface area contributed by atoms with Crippen LogP contribution in [0.15, 0.2) is 249 Å². The number of Topliss-reactive ketones (excluding diaryl/α,β-unsaturated/α-hetero) is 1. The predicted molar refractivity (Wildman–Crippen MR) is 417 cm³/mol. The van der Waals surface area contributed by atoms with E-state index in [2.05, 4.69) is 41.2 Å². The average molecular weight is 1480 g/mol. The molecule has 9 N–H and O–H groups in total. The van der Waals surface area contributed by atoms with E-state index in [0.717, 1.165) is 44.0 Å². The van der Waals surface area contributed by atoms with Crippen LogP contribution in [0, 0.1) is 0 Å². The molecule has 25 nitrogen and oxygen atoms in total. The van der Waals surface area contributed by atoms with Crippen molar-refractivity contribution in [1.82, 2.24) is 19.9 Å². The molecule has 4 aliphatic rings. The van der Waals surface area contributed by atoms with Crippen LogP contribution in [0.4, 0.5) is 28.4 Å². The Hall–Kier alpha value is -15.6. The number of phenols is 1. The van der Waals surface area contributed by atoms with Gasteiger partial charge in [0.2, 0.25) is 0 Å².